The number of nitrogens with zero attached hydrogens (tertiary/aromatic N) is 3. The molecule has 0 spiro atoms. The quantitative estimate of drug-likeness (QED) is 0.735. The van der Waals surface area contributed by atoms with E-state index in [1.807, 2.05) is 17.6 Å². The van der Waals surface area contributed by atoms with Gasteiger partial charge in [0.25, 0.3) is 0 Å². The van der Waals surface area contributed by atoms with E-state index in [1.54, 1.807) is 10.9 Å². The van der Waals surface area contributed by atoms with E-state index in [2.05, 4.69) is 11.1 Å². The Morgan fingerprint density at radius 2 is 2.50 bits per heavy atom. The SMILES string of the molecule is N#Cc1csc(-c2cn(CCl)cn2)c1. The second-order valence-electron chi connectivity index (χ2n) is 2.70. The van der Waals surface area contributed by atoms with Crippen LogP contribution in [0.15, 0.2) is 24.0 Å². The maximum Gasteiger partial charge on any atom is 0.100 e. The van der Waals surface area contributed by atoms with E-state index in [0.717, 1.165) is 10.6 Å². The molecule has 2 aromatic rings. The molecule has 0 atom stereocenters. The van der Waals surface area contributed by atoms with Crippen molar-refractivity contribution in [2.75, 3.05) is 0 Å². The number of alkyl halides is 1. The van der Waals surface area contributed by atoms with Crippen molar-refractivity contribution in [3.63, 3.8) is 0 Å². The van der Waals surface area contributed by atoms with Crippen molar-refractivity contribution in [1.82, 2.24) is 9.55 Å². The monoisotopic (exact) mass is 223 g/mol. The average Bonchev–Trinajstić information content (AvgIpc) is 2.86. The van der Waals surface area contributed by atoms with Crippen molar-refractivity contribution >= 4 is 22.9 Å². The molecule has 70 valence electrons. The van der Waals surface area contributed by atoms with Gasteiger partial charge in [0.05, 0.1) is 28.5 Å². The summed E-state index contributed by atoms with van der Waals surface area (Å²) in [4.78, 5) is 5.18. The molecule has 0 bridgehead atoms. The smallest absolute Gasteiger partial charge is 0.100 e. The van der Waals surface area contributed by atoms with Crippen LogP contribution >= 0.6 is 22.9 Å². The van der Waals surface area contributed by atoms with Crippen LogP contribution in [0.3, 0.4) is 0 Å². The minimum Gasteiger partial charge on any atom is -0.323 e. The summed E-state index contributed by atoms with van der Waals surface area (Å²) >= 11 is 7.14. The van der Waals surface area contributed by atoms with Crippen molar-refractivity contribution in [3.05, 3.63) is 29.5 Å². The van der Waals surface area contributed by atoms with Crippen molar-refractivity contribution in [2.24, 2.45) is 0 Å². The maximum absolute atomic E-state index is 8.66. The van der Waals surface area contributed by atoms with Gasteiger partial charge in [0.1, 0.15) is 6.07 Å². The summed E-state index contributed by atoms with van der Waals surface area (Å²) in [5.74, 6) is 0. The summed E-state index contributed by atoms with van der Waals surface area (Å²) in [6.45, 7) is 0. The Kier molecular flexibility index (Phi) is 2.53. The van der Waals surface area contributed by atoms with Crippen LogP contribution in [0.5, 0.6) is 0 Å². The van der Waals surface area contributed by atoms with E-state index < -0.39 is 0 Å². The van der Waals surface area contributed by atoms with Gasteiger partial charge in [-0.05, 0) is 6.07 Å². The normalized spacial score (nSPS) is 10.0. The molecule has 0 amide bonds. The van der Waals surface area contributed by atoms with Gasteiger partial charge >= 0.3 is 0 Å². The number of nitriles is 1. The molecule has 0 unspecified atom stereocenters. The van der Waals surface area contributed by atoms with Crippen LogP contribution in [-0.2, 0) is 6.00 Å². The number of halogens is 1. The van der Waals surface area contributed by atoms with Gasteiger partial charge in [0.2, 0.25) is 0 Å². The van der Waals surface area contributed by atoms with Crippen LogP contribution in [0.25, 0.3) is 10.6 Å². The van der Waals surface area contributed by atoms with Gasteiger partial charge in [0, 0.05) is 11.6 Å². The third-order valence-electron chi connectivity index (χ3n) is 1.75. The van der Waals surface area contributed by atoms with Crippen LogP contribution < -0.4 is 0 Å². The second-order valence-corrected chi connectivity index (χ2v) is 3.85. The van der Waals surface area contributed by atoms with Gasteiger partial charge in [0.15, 0.2) is 0 Å². The summed E-state index contributed by atoms with van der Waals surface area (Å²) < 4.78 is 1.78. The molecule has 2 heterocycles. The molecule has 14 heavy (non-hydrogen) atoms. The summed E-state index contributed by atoms with van der Waals surface area (Å²) in [5.41, 5.74) is 1.53. The first kappa shape index (κ1) is 9.25. The molecule has 0 fully saturated rings. The molecule has 0 N–H and O–H groups in total. The van der Waals surface area contributed by atoms with E-state index >= 15 is 0 Å². The molecular weight excluding hydrogens is 218 g/mol. The highest BCUT2D eigenvalue weighted by molar-refractivity contribution is 7.13. The first-order valence-corrected chi connectivity index (χ1v) is 5.31. The van der Waals surface area contributed by atoms with Gasteiger partial charge < -0.3 is 4.57 Å². The molecule has 0 radical (unpaired) electrons. The molecular formula is C9H6ClN3S. The number of hydrogen-bond acceptors (Lipinski definition) is 3. The Balaban J connectivity index is 2.35. The third-order valence-corrected chi connectivity index (χ3v) is 2.98. The first-order valence-electron chi connectivity index (χ1n) is 3.90. The molecule has 0 saturated carbocycles. The Bertz CT molecular complexity index is 480. The highest BCUT2D eigenvalue weighted by atomic mass is 35.5. The zero-order valence-corrected chi connectivity index (χ0v) is 8.72. The lowest BCUT2D eigenvalue weighted by Gasteiger charge is -1.89. The maximum atomic E-state index is 8.66. The summed E-state index contributed by atoms with van der Waals surface area (Å²) in [6, 6.07) is 4.30. The Labute approximate surface area is 90.2 Å². The molecule has 0 aliphatic carbocycles. The average molecular weight is 224 g/mol. The zero-order chi connectivity index (χ0) is 9.97. The lowest BCUT2D eigenvalue weighted by Crippen LogP contribution is -1.83. The van der Waals surface area contributed by atoms with E-state index in [9.17, 15) is 0 Å². The van der Waals surface area contributed by atoms with Crippen LogP contribution in [0.4, 0.5) is 0 Å². The van der Waals surface area contributed by atoms with Crippen molar-refractivity contribution in [2.45, 2.75) is 6.00 Å². The Morgan fingerprint density at radius 1 is 1.64 bits per heavy atom. The third kappa shape index (κ3) is 1.65. The summed E-state index contributed by atoms with van der Waals surface area (Å²) in [7, 11) is 0. The molecule has 0 aromatic carbocycles. The van der Waals surface area contributed by atoms with Gasteiger partial charge in [-0.25, -0.2) is 4.98 Å². The molecule has 0 aliphatic rings. The number of aromatic nitrogens is 2. The Morgan fingerprint density at radius 3 is 3.07 bits per heavy atom. The first-order chi connectivity index (χ1) is 6.83. The van der Waals surface area contributed by atoms with E-state index in [0.29, 0.717) is 11.6 Å². The molecule has 2 aromatic heterocycles. The lowest BCUT2D eigenvalue weighted by atomic mass is 10.3. The van der Waals surface area contributed by atoms with E-state index in [-0.39, 0.29) is 0 Å². The zero-order valence-electron chi connectivity index (χ0n) is 7.14. The lowest BCUT2D eigenvalue weighted by molar-refractivity contribution is 0.881. The van der Waals surface area contributed by atoms with Gasteiger partial charge in [-0.1, -0.05) is 0 Å². The highest BCUT2D eigenvalue weighted by Crippen LogP contribution is 2.25. The fraction of sp³-hybridized carbons (Fsp3) is 0.111. The summed E-state index contributed by atoms with van der Waals surface area (Å²) in [6.07, 6.45) is 3.54. The molecule has 0 aliphatic heterocycles. The minimum absolute atomic E-state index is 0.392. The fourth-order valence-electron chi connectivity index (χ4n) is 1.08. The number of hydrogen-bond donors (Lipinski definition) is 0. The van der Waals surface area contributed by atoms with Crippen LogP contribution in [-0.4, -0.2) is 9.55 Å². The van der Waals surface area contributed by atoms with Crippen LogP contribution in [0.2, 0.25) is 0 Å². The van der Waals surface area contributed by atoms with Crippen molar-refractivity contribution in [3.8, 4) is 16.6 Å². The molecule has 0 saturated heterocycles. The number of thiophene rings is 1. The standard InChI is InChI=1S/C9H6ClN3S/c10-5-13-3-8(12-6-13)9-1-7(2-11)4-14-9/h1,3-4,6H,5H2. The minimum atomic E-state index is 0.392. The predicted octanol–water partition coefficient (Wildman–Crippen LogP) is 2.68. The van der Waals surface area contributed by atoms with Crippen molar-refractivity contribution < 1.29 is 0 Å². The van der Waals surface area contributed by atoms with Crippen LogP contribution in [0, 0.1) is 11.3 Å². The molecule has 2 rings (SSSR count). The number of imidazole rings is 1. The Hall–Kier alpha value is -1.31. The topological polar surface area (TPSA) is 41.6 Å². The van der Waals surface area contributed by atoms with Gasteiger partial charge in [-0.2, -0.15) is 5.26 Å². The molecule has 3 nitrogen and oxygen atoms in total. The number of rotatable bonds is 2. The van der Waals surface area contributed by atoms with Crippen LogP contribution in [0.1, 0.15) is 5.56 Å². The van der Waals surface area contributed by atoms with Crippen molar-refractivity contribution in [1.29, 1.82) is 5.26 Å². The van der Waals surface area contributed by atoms with E-state index in [4.69, 9.17) is 16.9 Å². The van der Waals surface area contributed by atoms with Gasteiger partial charge in [-0.15, -0.1) is 22.9 Å². The molecule has 5 heteroatoms. The van der Waals surface area contributed by atoms with Gasteiger partial charge in [-0.3, -0.25) is 0 Å². The largest absolute Gasteiger partial charge is 0.323 e. The highest BCUT2D eigenvalue weighted by Gasteiger charge is 2.04. The van der Waals surface area contributed by atoms with E-state index in [1.165, 1.54) is 11.3 Å². The summed E-state index contributed by atoms with van der Waals surface area (Å²) in [5, 5.41) is 10.5. The fourth-order valence-corrected chi connectivity index (χ4v) is 2.01. The second kappa shape index (κ2) is 3.82. The predicted molar refractivity (Wildman–Crippen MR) is 56.1 cm³/mol.